The van der Waals surface area contributed by atoms with Crippen LogP contribution in [0.4, 0.5) is 0 Å². The van der Waals surface area contributed by atoms with E-state index in [2.05, 4.69) is 5.32 Å². The number of methoxy groups -OCH3 is 1. The van der Waals surface area contributed by atoms with Crippen LogP contribution in [-0.2, 0) is 24.4 Å². The van der Waals surface area contributed by atoms with E-state index in [1.54, 1.807) is 32.0 Å². The van der Waals surface area contributed by atoms with Crippen LogP contribution in [0.3, 0.4) is 0 Å². The molecule has 0 atom stereocenters. The molecule has 0 heterocycles. The molecule has 0 saturated carbocycles. The quantitative estimate of drug-likeness (QED) is 0.319. The first-order chi connectivity index (χ1) is 15.5. The molecule has 0 radical (unpaired) electrons. The second-order valence-corrected chi connectivity index (χ2v) is 9.37. The van der Waals surface area contributed by atoms with Gasteiger partial charge in [-0.1, -0.05) is 32.0 Å². The van der Waals surface area contributed by atoms with E-state index in [0.717, 1.165) is 11.6 Å². The molecule has 178 valence electrons. The van der Waals surface area contributed by atoms with Crippen molar-refractivity contribution in [3.63, 3.8) is 0 Å². The second-order valence-electron chi connectivity index (χ2n) is 7.86. The van der Waals surface area contributed by atoms with Crippen molar-refractivity contribution in [1.82, 2.24) is 5.32 Å². The molecule has 0 aliphatic rings. The summed E-state index contributed by atoms with van der Waals surface area (Å²) < 4.78 is 41.0. The van der Waals surface area contributed by atoms with Crippen LogP contribution in [0.5, 0.6) is 11.5 Å². The molecular weight excluding hydrogens is 446 g/mol. The van der Waals surface area contributed by atoms with Crippen molar-refractivity contribution in [1.29, 1.82) is 0 Å². The summed E-state index contributed by atoms with van der Waals surface area (Å²) in [5.41, 5.74) is 1.90. The predicted molar refractivity (Wildman–Crippen MR) is 125 cm³/mol. The third kappa shape index (κ3) is 7.94. The molecule has 0 saturated heterocycles. The zero-order chi connectivity index (χ0) is 24.6. The van der Waals surface area contributed by atoms with Crippen molar-refractivity contribution >= 4 is 28.1 Å². The van der Waals surface area contributed by atoms with Crippen LogP contribution in [0, 0.1) is 19.8 Å². The van der Waals surface area contributed by atoms with Crippen molar-refractivity contribution < 1.29 is 31.7 Å². The molecule has 0 aliphatic carbocycles. The standard InChI is InChI=1S/C24H29NO7S/c1-16(2)14-25-23(26)15-31-24(27)11-9-19-8-10-20(21(13-19)30-5)32-33(28,29)22-12-17(3)6-7-18(22)4/h6-13,16H,14-15H2,1-5H3,(H,25,26)/b11-9+. The summed E-state index contributed by atoms with van der Waals surface area (Å²) in [6.07, 6.45) is 2.62. The lowest BCUT2D eigenvalue weighted by Crippen LogP contribution is -2.31. The minimum absolute atomic E-state index is 0.0138. The Morgan fingerprint density at radius 3 is 2.45 bits per heavy atom. The Morgan fingerprint density at radius 1 is 1.06 bits per heavy atom. The van der Waals surface area contributed by atoms with Crippen molar-refractivity contribution in [3.8, 4) is 11.5 Å². The van der Waals surface area contributed by atoms with Crippen molar-refractivity contribution in [2.45, 2.75) is 32.6 Å². The monoisotopic (exact) mass is 475 g/mol. The van der Waals surface area contributed by atoms with Gasteiger partial charge >= 0.3 is 16.1 Å². The van der Waals surface area contributed by atoms with Gasteiger partial charge in [0.1, 0.15) is 4.90 Å². The zero-order valence-electron chi connectivity index (χ0n) is 19.4. The van der Waals surface area contributed by atoms with Gasteiger partial charge in [-0.3, -0.25) is 4.79 Å². The van der Waals surface area contributed by atoms with E-state index < -0.39 is 16.1 Å². The molecule has 0 spiro atoms. The first-order valence-corrected chi connectivity index (χ1v) is 11.7. The number of rotatable bonds is 10. The number of benzene rings is 2. The number of carbonyl (C=O) groups excluding carboxylic acids is 2. The first kappa shape index (κ1) is 25.9. The molecule has 2 aromatic rings. The van der Waals surface area contributed by atoms with E-state index in [9.17, 15) is 18.0 Å². The highest BCUT2D eigenvalue weighted by Crippen LogP contribution is 2.32. The molecule has 0 unspecified atom stereocenters. The van der Waals surface area contributed by atoms with Gasteiger partial charge in [-0.15, -0.1) is 0 Å². The van der Waals surface area contributed by atoms with E-state index in [0.29, 0.717) is 23.6 Å². The Labute approximate surface area is 194 Å². The lowest BCUT2D eigenvalue weighted by molar-refractivity contribution is -0.143. The fraction of sp³-hybridized carbons (Fsp3) is 0.333. The predicted octanol–water partition coefficient (Wildman–Crippen LogP) is 3.41. The molecule has 9 heteroatoms. The van der Waals surface area contributed by atoms with E-state index in [1.165, 1.54) is 25.3 Å². The fourth-order valence-corrected chi connectivity index (χ4v) is 3.97. The summed E-state index contributed by atoms with van der Waals surface area (Å²) in [6, 6.07) is 9.60. The number of aryl methyl sites for hydroxylation is 2. The maximum absolute atomic E-state index is 12.8. The third-order valence-electron chi connectivity index (χ3n) is 4.47. The SMILES string of the molecule is COc1cc(/C=C/C(=O)OCC(=O)NCC(C)C)ccc1OS(=O)(=O)c1cc(C)ccc1C. The summed E-state index contributed by atoms with van der Waals surface area (Å²) in [5.74, 6) is -0.583. The van der Waals surface area contributed by atoms with Gasteiger partial charge in [0.2, 0.25) is 0 Å². The average Bonchev–Trinajstić information content (AvgIpc) is 2.76. The van der Waals surface area contributed by atoms with Gasteiger partial charge in [0.15, 0.2) is 18.1 Å². The molecule has 33 heavy (non-hydrogen) atoms. The molecule has 0 aromatic heterocycles. The molecule has 0 fully saturated rings. The first-order valence-electron chi connectivity index (χ1n) is 10.3. The molecular formula is C24H29NO7S. The van der Waals surface area contributed by atoms with Gasteiger partial charge in [-0.25, -0.2) is 4.79 Å². The van der Waals surface area contributed by atoms with Crippen LogP contribution in [0.2, 0.25) is 0 Å². The van der Waals surface area contributed by atoms with E-state index >= 15 is 0 Å². The third-order valence-corrected chi connectivity index (χ3v) is 5.84. The smallest absolute Gasteiger partial charge is 0.339 e. The number of carbonyl (C=O) groups is 2. The normalized spacial score (nSPS) is 11.5. The maximum Gasteiger partial charge on any atom is 0.339 e. The Morgan fingerprint density at radius 2 is 1.79 bits per heavy atom. The van der Waals surface area contributed by atoms with Crippen LogP contribution < -0.4 is 14.2 Å². The molecule has 0 bridgehead atoms. The zero-order valence-corrected chi connectivity index (χ0v) is 20.2. The average molecular weight is 476 g/mol. The van der Waals surface area contributed by atoms with Crippen molar-refractivity contribution in [3.05, 3.63) is 59.2 Å². The molecule has 2 aromatic carbocycles. The second kappa shape index (κ2) is 11.5. The van der Waals surface area contributed by atoms with Gasteiger partial charge in [0, 0.05) is 12.6 Å². The minimum Gasteiger partial charge on any atom is -0.493 e. The molecule has 1 N–H and O–H groups in total. The van der Waals surface area contributed by atoms with Crippen LogP contribution in [0.1, 0.15) is 30.5 Å². The van der Waals surface area contributed by atoms with Crippen molar-refractivity contribution in [2.75, 3.05) is 20.3 Å². The number of nitrogens with one attached hydrogen (secondary N) is 1. The van der Waals surface area contributed by atoms with Gasteiger partial charge in [-0.05, 0) is 60.7 Å². The fourth-order valence-electron chi connectivity index (χ4n) is 2.71. The van der Waals surface area contributed by atoms with E-state index in [1.807, 2.05) is 19.9 Å². The van der Waals surface area contributed by atoms with Crippen LogP contribution in [0.15, 0.2) is 47.4 Å². The molecule has 0 aliphatic heterocycles. The van der Waals surface area contributed by atoms with Crippen LogP contribution >= 0.6 is 0 Å². The Kier molecular flexibility index (Phi) is 9.04. The number of hydrogen-bond donors (Lipinski definition) is 1. The lowest BCUT2D eigenvalue weighted by Gasteiger charge is -2.13. The summed E-state index contributed by atoms with van der Waals surface area (Å²) >= 11 is 0. The number of hydrogen-bond acceptors (Lipinski definition) is 7. The number of amides is 1. The van der Waals surface area contributed by atoms with E-state index in [4.69, 9.17) is 13.7 Å². The number of ether oxygens (including phenoxy) is 2. The highest BCUT2D eigenvalue weighted by atomic mass is 32.2. The topological polar surface area (TPSA) is 108 Å². The summed E-state index contributed by atoms with van der Waals surface area (Å²) in [7, 11) is -2.69. The van der Waals surface area contributed by atoms with Crippen LogP contribution in [0.25, 0.3) is 6.08 Å². The minimum atomic E-state index is -4.07. The Bertz CT molecular complexity index is 1140. The molecule has 2 rings (SSSR count). The summed E-state index contributed by atoms with van der Waals surface area (Å²) in [6.45, 7) is 7.52. The van der Waals surface area contributed by atoms with E-state index in [-0.39, 0.29) is 28.9 Å². The maximum atomic E-state index is 12.8. The molecule has 1 amide bonds. The summed E-state index contributed by atoms with van der Waals surface area (Å²) in [4.78, 5) is 23.5. The van der Waals surface area contributed by atoms with Gasteiger partial charge < -0.3 is 19.0 Å². The van der Waals surface area contributed by atoms with Crippen LogP contribution in [-0.4, -0.2) is 40.6 Å². The summed E-state index contributed by atoms with van der Waals surface area (Å²) in [5, 5.41) is 2.65. The Hall–Kier alpha value is -3.33. The van der Waals surface area contributed by atoms with Gasteiger partial charge in [-0.2, -0.15) is 8.42 Å². The highest BCUT2D eigenvalue weighted by molar-refractivity contribution is 7.87. The highest BCUT2D eigenvalue weighted by Gasteiger charge is 2.21. The lowest BCUT2D eigenvalue weighted by atomic mass is 10.2. The van der Waals surface area contributed by atoms with Gasteiger partial charge in [0.25, 0.3) is 5.91 Å². The molecule has 8 nitrogen and oxygen atoms in total. The largest absolute Gasteiger partial charge is 0.493 e. The van der Waals surface area contributed by atoms with Gasteiger partial charge in [0.05, 0.1) is 7.11 Å². The number of esters is 1. The Balaban J connectivity index is 2.08. The van der Waals surface area contributed by atoms with Crippen molar-refractivity contribution in [2.24, 2.45) is 5.92 Å².